The quantitative estimate of drug-likeness (QED) is 0.225. The lowest BCUT2D eigenvalue weighted by molar-refractivity contribution is -0.384. The van der Waals surface area contributed by atoms with Gasteiger partial charge in [-0.05, 0) is 47.9 Å². The van der Waals surface area contributed by atoms with Crippen molar-refractivity contribution in [2.45, 2.75) is 68.2 Å². The van der Waals surface area contributed by atoms with Gasteiger partial charge in [-0.3, -0.25) is 33.9 Å². The summed E-state index contributed by atoms with van der Waals surface area (Å²) in [6, 6.07) is 13.3. The number of nitro benzene ring substituents is 1. The Morgan fingerprint density at radius 1 is 0.953 bits per heavy atom. The summed E-state index contributed by atoms with van der Waals surface area (Å²) >= 11 is 2.20. The van der Waals surface area contributed by atoms with Crippen molar-refractivity contribution in [3.05, 3.63) is 84.3 Å². The first-order valence-electron chi connectivity index (χ1n) is 14.4. The van der Waals surface area contributed by atoms with Gasteiger partial charge in [0.15, 0.2) is 0 Å². The number of hydrogen-bond donors (Lipinski definition) is 0. The average molecular weight is 621 g/mol. The lowest BCUT2D eigenvalue weighted by Crippen LogP contribution is -2.39. The number of hydrogen-bond acceptors (Lipinski definition) is 8. The second kappa shape index (κ2) is 11.1. The number of imide groups is 1. The number of nitrogens with zero attached hydrogens (tertiary/aromatic N) is 4. The highest BCUT2D eigenvalue weighted by Crippen LogP contribution is 2.54. The summed E-state index contributed by atoms with van der Waals surface area (Å²) in [7, 11) is 0. The minimum atomic E-state index is -0.826. The SMILES string of the molecule is CC(C)(C)c1ccc([C@@H]2c3sc(=O)n(CC(=O)N4CCCCC4)c3S[C@H]3C(=O)N(c4ccc([N+](=O)[O-])cc4)C(=O)[C@@H]23)cc1. The molecule has 10 nitrogen and oxygen atoms in total. The van der Waals surface area contributed by atoms with E-state index in [0.717, 1.165) is 46.6 Å². The fourth-order valence-electron chi connectivity index (χ4n) is 6.16. The van der Waals surface area contributed by atoms with Gasteiger partial charge in [-0.1, -0.05) is 68.1 Å². The van der Waals surface area contributed by atoms with Gasteiger partial charge < -0.3 is 4.90 Å². The number of carbonyl (C=O) groups is 3. The van der Waals surface area contributed by atoms with E-state index in [1.54, 1.807) is 4.90 Å². The molecule has 0 spiro atoms. The molecule has 2 fully saturated rings. The third kappa shape index (κ3) is 5.20. The number of rotatable bonds is 5. The monoisotopic (exact) mass is 620 g/mol. The predicted octanol–water partition coefficient (Wildman–Crippen LogP) is 4.92. The first kappa shape index (κ1) is 29.3. The zero-order valence-corrected chi connectivity index (χ0v) is 25.8. The molecule has 3 amide bonds. The molecular formula is C31H32N4O6S2. The highest BCUT2D eigenvalue weighted by atomic mass is 32.2. The Labute approximate surface area is 256 Å². The molecule has 3 aliphatic heterocycles. The largest absolute Gasteiger partial charge is 0.341 e. The number of piperidine rings is 1. The molecule has 0 radical (unpaired) electrons. The standard InChI is InChI=1S/C31H32N4O6S2/c1-31(2,3)19-9-7-18(8-10-19)23-24-25(28(38)34(27(24)37)20-11-13-21(14-12-20)35(40)41)42-29-26(23)43-30(39)33(29)17-22(36)32-15-5-4-6-16-32/h7-14,23-25H,4-6,15-17H2,1-3H3/t23-,24-,25+/m0/s1. The number of nitro groups is 1. The van der Waals surface area contributed by atoms with Crippen molar-refractivity contribution in [2.24, 2.45) is 5.92 Å². The van der Waals surface area contributed by atoms with Gasteiger partial charge in [0.1, 0.15) is 11.8 Å². The van der Waals surface area contributed by atoms with Gasteiger partial charge in [0, 0.05) is 36.0 Å². The summed E-state index contributed by atoms with van der Waals surface area (Å²) in [5.41, 5.74) is 1.95. The third-order valence-electron chi connectivity index (χ3n) is 8.51. The van der Waals surface area contributed by atoms with Crippen molar-refractivity contribution in [3.63, 3.8) is 0 Å². The normalized spacial score (nSPS) is 22.0. The van der Waals surface area contributed by atoms with Crippen molar-refractivity contribution in [3.8, 4) is 0 Å². The molecule has 2 aromatic carbocycles. The maximum Gasteiger partial charge on any atom is 0.308 e. The molecule has 4 heterocycles. The van der Waals surface area contributed by atoms with Gasteiger partial charge in [0.2, 0.25) is 17.7 Å². The number of anilines is 1. The van der Waals surface area contributed by atoms with E-state index in [9.17, 15) is 29.3 Å². The van der Waals surface area contributed by atoms with E-state index in [1.165, 1.54) is 40.6 Å². The van der Waals surface area contributed by atoms with E-state index in [1.807, 2.05) is 24.3 Å². The molecule has 2 saturated heterocycles. The minimum absolute atomic E-state index is 0.0938. The van der Waals surface area contributed by atoms with Crippen molar-refractivity contribution in [2.75, 3.05) is 18.0 Å². The van der Waals surface area contributed by atoms with Crippen LogP contribution in [0.15, 0.2) is 58.4 Å². The zero-order valence-electron chi connectivity index (χ0n) is 24.1. The number of benzene rings is 2. The van der Waals surface area contributed by atoms with Crippen LogP contribution in [-0.2, 0) is 26.3 Å². The maximum absolute atomic E-state index is 14.1. The number of aromatic nitrogens is 1. The summed E-state index contributed by atoms with van der Waals surface area (Å²) in [5, 5.41) is 10.9. The molecule has 0 saturated carbocycles. The van der Waals surface area contributed by atoms with E-state index in [2.05, 4.69) is 20.8 Å². The van der Waals surface area contributed by atoms with E-state index in [-0.39, 0.29) is 34.1 Å². The van der Waals surface area contributed by atoms with E-state index < -0.39 is 33.8 Å². The topological polar surface area (TPSA) is 123 Å². The zero-order chi connectivity index (χ0) is 30.6. The Hall–Kier alpha value is -3.77. The Morgan fingerprint density at radius 2 is 1.60 bits per heavy atom. The van der Waals surface area contributed by atoms with Crippen molar-refractivity contribution >= 4 is 52.2 Å². The van der Waals surface area contributed by atoms with Crippen LogP contribution in [-0.4, -0.2) is 50.5 Å². The number of non-ortho nitro benzene ring substituents is 1. The summed E-state index contributed by atoms with van der Waals surface area (Å²) in [6.45, 7) is 7.55. The van der Waals surface area contributed by atoms with Gasteiger partial charge in [0.25, 0.3) is 5.69 Å². The van der Waals surface area contributed by atoms with Crippen LogP contribution in [0.4, 0.5) is 11.4 Å². The molecule has 0 N–H and O–H groups in total. The van der Waals surface area contributed by atoms with Crippen LogP contribution in [0.3, 0.4) is 0 Å². The molecular weight excluding hydrogens is 588 g/mol. The third-order valence-corrected chi connectivity index (χ3v) is 11.1. The number of thiazole rings is 1. The van der Waals surface area contributed by atoms with Crippen LogP contribution in [0.2, 0.25) is 0 Å². The summed E-state index contributed by atoms with van der Waals surface area (Å²) in [6.07, 6.45) is 2.94. The highest BCUT2D eigenvalue weighted by molar-refractivity contribution is 8.00. The van der Waals surface area contributed by atoms with Gasteiger partial charge in [-0.15, -0.1) is 0 Å². The summed E-state index contributed by atoms with van der Waals surface area (Å²) in [4.78, 5) is 68.6. The van der Waals surface area contributed by atoms with Gasteiger partial charge in [-0.2, -0.15) is 0 Å². The van der Waals surface area contributed by atoms with Crippen molar-refractivity contribution in [1.82, 2.24) is 9.47 Å². The van der Waals surface area contributed by atoms with Gasteiger partial charge in [-0.25, -0.2) is 4.90 Å². The van der Waals surface area contributed by atoms with Crippen LogP contribution in [0.25, 0.3) is 0 Å². The van der Waals surface area contributed by atoms with Crippen LogP contribution in [0.5, 0.6) is 0 Å². The van der Waals surface area contributed by atoms with Gasteiger partial charge in [0.05, 0.1) is 21.6 Å². The molecule has 224 valence electrons. The van der Waals surface area contributed by atoms with Crippen LogP contribution in [0.1, 0.15) is 62.0 Å². The molecule has 12 heteroatoms. The molecule has 0 bridgehead atoms. The molecule has 3 aliphatic rings. The first-order valence-corrected chi connectivity index (χ1v) is 16.1. The average Bonchev–Trinajstić information content (AvgIpc) is 3.43. The van der Waals surface area contributed by atoms with E-state index in [4.69, 9.17) is 0 Å². The molecule has 43 heavy (non-hydrogen) atoms. The Kier molecular flexibility index (Phi) is 7.54. The summed E-state index contributed by atoms with van der Waals surface area (Å²) in [5.74, 6) is -2.34. The number of amides is 3. The van der Waals surface area contributed by atoms with Crippen LogP contribution in [0, 0.1) is 16.0 Å². The first-order chi connectivity index (χ1) is 20.5. The minimum Gasteiger partial charge on any atom is -0.341 e. The molecule has 3 aromatic rings. The second-order valence-electron chi connectivity index (χ2n) is 12.3. The number of likely N-dealkylation sites (tertiary alicyclic amines) is 1. The molecule has 1 aromatic heterocycles. The smallest absolute Gasteiger partial charge is 0.308 e. The highest BCUT2D eigenvalue weighted by Gasteiger charge is 2.57. The Bertz CT molecular complexity index is 1670. The van der Waals surface area contributed by atoms with Crippen LogP contribution < -0.4 is 9.77 Å². The van der Waals surface area contributed by atoms with Crippen molar-refractivity contribution < 1.29 is 19.3 Å². The van der Waals surface area contributed by atoms with Gasteiger partial charge >= 0.3 is 4.87 Å². The second-order valence-corrected chi connectivity index (χ2v) is 14.4. The van der Waals surface area contributed by atoms with Crippen LogP contribution >= 0.6 is 23.1 Å². The lowest BCUT2D eigenvalue weighted by Gasteiger charge is -2.31. The molecule has 0 unspecified atom stereocenters. The molecule has 0 aliphatic carbocycles. The fourth-order valence-corrected chi connectivity index (χ4v) is 8.93. The molecule has 3 atom stereocenters. The van der Waals surface area contributed by atoms with Crippen molar-refractivity contribution in [1.29, 1.82) is 0 Å². The fraction of sp³-hybridized carbons (Fsp3) is 0.419. The summed E-state index contributed by atoms with van der Waals surface area (Å²) < 4.78 is 1.47. The Morgan fingerprint density at radius 3 is 2.21 bits per heavy atom. The number of thioether (sulfide) groups is 1. The number of fused-ring (bicyclic) bond motifs is 2. The maximum atomic E-state index is 14.1. The Balaban J connectivity index is 1.43. The number of carbonyl (C=O) groups excluding carboxylic acids is 3. The lowest BCUT2D eigenvalue weighted by atomic mass is 9.81. The van der Waals surface area contributed by atoms with E-state index >= 15 is 0 Å². The molecule has 6 rings (SSSR count). The van der Waals surface area contributed by atoms with E-state index in [0.29, 0.717) is 23.0 Å². The predicted molar refractivity (Wildman–Crippen MR) is 165 cm³/mol.